The largest absolute Gasteiger partial charge is 0.481 e. The van der Waals surface area contributed by atoms with Crippen molar-refractivity contribution in [3.05, 3.63) is 35.6 Å². The second kappa shape index (κ2) is 4.89. The van der Waals surface area contributed by atoms with Crippen molar-refractivity contribution >= 4 is 11.9 Å². The Morgan fingerprint density at radius 1 is 1.25 bits per heavy atom. The molecule has 5 heteroatoms. The summed E-state index contributed by atoms with van der Waals surface area (Å²) in [6, 6.07) is 5.92. The summed E-state index contributed by atoms with van der Waals surface area (Å²) in [5.74, 6) is -2.52. The molecule has 1 saturated carbocycles. The van der Waals surface area contributed by atoms with Crippen molar-refractivity contribution in [1.29, 1.82) is 0 Å². The van der Waals surface area contributed by atoms with E-state index in [9.17, 15) is 14.0 Å². The molecule has 1 amide bonds. The van der Waals surface area contributed by atoms with Crippen LogP contribution in [0.3, 0.4) is 0 Å². The van der Waals surface area contributed by atoms with Crippen LogP contribution in [-0.4, -0.2) is 28.9 Å². The zero-order valence-corrected chi connectivity index (χ0v) is 11.8. The van der Waals surface area contributed by atoms with E-state index >= 15 is 0 Å². The molecule has 1 N–H and O–H groups in total. The lowest BCUT2D eigenvalue weighted by Crippen LogP contribution is -2.29. The minimum absolute atomic E-state index is 0.174. The number of nitrogens with zero attached hydrogens (tertiary/aromatic N) is 1. The molecule has 1 fully saturated rings. The minimum Gasteiger partial charge on any atom is -0.481 e. The first kappa shape index (κ1) is 14.5. The van der Waals surface area contributed by atoms with Crippen LogP contribution in [0.2, 0.25) is 0 Å². The van der Waals surface area contributed by atoms with Gasteiger partial charge in [-0.3, -0.25) is 9.59 Å². The fourth-order valence-corrected chi connectivity index (χ4v) is 2.74. The van der Waals surface area contributed by atoms with Gasteiger partial charge in [-0.2, -0.15) is 0 Å². The second-order valence-corrected chi connectivity index (χ2v) is 5.94. The third-order valence-electron chi connectivity index (χ3n) is 4.07. The van der Waals surface area contributed by atoms with E-state index in [0.717, 1.165) is 5.56 Å². The first-order valence-electron chi connectivity index (χ1n) is 6.47. The molecule has 2 atom stereocenters. The van der Waals surface area contributed by atoms with Crippen LogP contribution in [-0.2, 0) is 16.1 Å². The lowest BCUT2D eigenvalue weighted by molar-refractivity contribution is -0.141. The Hall–Kier alpha value is -1.91. The van der Waals surface area contributed by atoms with Crippen LogP contribution in [0, 0.1) is 23.1 Å². The highest BCUT2D eigenvalue weighted by molar-refractivity contribution is 5.91. The van der Waals surface area contributed by atoms with Crippen molar-refractivity contribution in [1.82, 2.24) is 4.90 Å². The molecule has 0 aliphatic heterocycles. The zero-order valence-electron chi connectivity index (χ0n) is 11.8. The normalized spacial score (nSPS) is 23.2. The first-order chi connectivity index (χ1) is 9.25. The number of aliphatic carboxylic acids is 1. The number of benzene rings is 1. The van der Waals surface area contributed by atoms with Crippen molar-refractivity contribution in [2.45, 2.75) is 20.4 Å². The Morgan fingerprint density at radius 3 is 2.25 bits per heavy atom. The molecule has 0 aromatic heterocycles. The number of carboxylic acid groups (broad SMARTS) is 1. The summed E-state index contributed by atoms with van der Waals surface area (Å²) < 4.78 is 12.8. The van der Waals surface area contributed by atoms with E-state index < -0.39 is 23.2 Å². The van der Waals surface area contributed by atoms with Gasteiger partial charge in [-0.05, 0) is 23.1 Å². The maximum absolute atomic E-state index is 12.8. The van der Waals surface area contributed by atoms with Crippen molar-refractivity contribution in [2.24, 2.45) is 17.3 Å². The number of carboxylic acids is 1. The van der Waals surface area contributed by atoms with Gasteiger partial charge in [0, 0.05) is 13.6 Å². The van der Waals surface area contributed by atoms with E-state index in [-0.39, 0.29) is 11.7 Å². The molecule has 1 aromatic rings. The van der Waals surface area contributed by atoms with Crippen LogP contribution in [0.4, 0.5) is 4.39 Å². The van der Waals surface area contributed by atoms with E-state index in [2.05, 4.69) is 0 Å². The van der Waals surface area contributed by atoms with Crippen LogP contribution < -0.4 is 0 Å². The molecule has 108 valence electrons. The minimum atomic E-state index is -0.927. The molecule has 0 heterocycles. The summed E-state index contributed by atoms with van der Waals surface area (Å²) in [4.78, 5) is 24.9. The smallest absolute Gasteiger partial charge is 0.307 e. The van der Waals surface area contributed by atoms with Crippen molar-refractivity contribution in [3.63, 3.8) is 0 Å². The van der Waals surface area contributed by atoms with Gasteiger partial charge >= 0.3 is 5.97 Å². The molecular formula is C15H18FNO3. The van der Waals surface area contributed by atoms with Gasteiger partial charge in [0.05, 0.1) is 11.8 Å². The number of amides is 1. The van der Waals surface area contributed by atoms with E-state index in [1.165, 1.54) is 17.0 Å². The second-order valence-electron chi connectivity index (χ2n) is 5.94. The molecule has 0 spiro atoms. The van der Waals surface area contributed by atoms with Crippen molar-refractivity contribution in [2.75, 3.05) is 7.05 Å². The van der Waals surface area contributed by atoms with Gasteiger partial charge in [0.15, 0.2) is 0 Å². The molecular weight excluding hydrogens is 261 g/mol. The van der Waals surface area contributed by atoms with Crippen LogP contribution in [0.15, 0.2) is 24.3 Å². The highest BCUT2D eigenvalue weighted by Crippen LogP contribution is 2.58. The fraction of sp³-hybridized carbons (Fsp3) is 0.467. The molecule has 1 aromatic carbocycles. The van der Waals surface area contributed by atoms with Crippen molar-refractivity contribution < 1.29 is 19.1 Å². The first-order valence-corrected chi connectivity index (χ1v) is 6.47. The predicted octanol–water partition coefficient (Wildman–Crippen LogP) is 2.14. The van der Waals surface area contributed by atoms with Crippen LogP contribution in [0.1, 0.15) is 19.4 Å². The average molecular weight is 279 g/mol. The van der Waals surface area contributed by atoms with Gasteiger partial charge in [-0.15, -0.1) is 0 Å². The molecule has 1 aliphatic rings. The summed E-state index contributed by atoms with van der Waals surface area (Å²) in [7, 11) is 1.64. The van der Waals surface area contributed by atoms with Gasteiger partial charge in [-0.25, -0.2) is 4.39 Å². The van der Waals surface area contributed by atoms with E-state index in [0.29, 0.717) is 6.54 Å². The number of hydrogen-bond acceptors (Lipinski definition) is 2. The summed E-state index contributed by atoms with van der Waals surface area (Å²) in [6.45, 7) is 3.93. The van der Waals surface area contributed by atoms with Crippen LogP contribution in [0.25, 0.3) is 0 Å². The molecule has 20 heavy (non-hydrogen) atoms. The zero-order chi connectivity index (χ0) is 15.1. The van der Waals surface area contributed by atoms with Crippen molar-refractivity contribution in [3.8, 4) is 0 Å². The highest BCUT2D eigenvalue weighted by Gasteiger charge is 2.66. The van der Waals surface area contributed by atoms with Gasteiger partial charge in [-0.1, -0.05) is 26.0 Å². The lowest BCUT2D eigenvalue weighted by Gasteiger charge is -2.18. The summed E-state index contributed by atoms with van der Waals surface area (Å²) >= 11 is 0. The van der Waals surface area contributed by atoms with E-state index in [4.69, 9.17) is 5.11 Å². The number of rotatable bonds is 4. The predicted molar refractivity (Wildman–Crippen MR) is 71.3 cm³/mol. The standard InChI is InChI=1S/C15H18FNO3/c1-15(2)11(12(15)14(19)20)13(18)17(3)8-9-4-6-10(16)7-5-9/h4-7,11-12H,8H2,1-3H3,(H,19,20)/t11-,12+/m0/s1. The van der Waals surface area contributed by atoms with Crippen LogP contribution >= 0.6 is 0 Å². The molecule has 0 bridgehead atoms. The average Bonchev–Trinajstić information content (AvgIpc) is 2.94. The molecule has 4 nitrogen and oxygen atoms in total. The van der Waals surface area contributed by atoms with Gasteiger partial charge in [0.1, 0.15) is 5.82 Å². The molecule has 1 aliphatic carbocycles. The third kappa shape index (κ3) is 2.53. The maximum Gasteiger partial charge on any atom is 0.307 e. The Kier molecular flexibility index (Phi) is 3.54. The maximum atomic E-state index is 12.8. The molecule has 0 saturated heterocycles. The number of carbonyl (C=O) groups excluding carboxylic acids is 1. The third-order valence-corrected chi connectivity index (χ3v) is 4.07. The van der Waals surface area contributed by atoms with Gasteiger partial charge in [0.25, 0.3) is 0 Å². The summed E-state index contributed by atoms with van der Waals surface area (Å²) in [5, 5.41) is 9.10. The van der Waals surface area contributed by atoms with E-state index in [1.54, 1.807) is 33.0 Å². The Labute approximate surface area is 117 Å². The van der Waals surface area contributed by atoms with Gasteiger partial charge in [0.2, 0.25) is 5.91 Å². The Balaban J connectivity index is 2.03. The fourth-order valence-electron chi connectivity index (χ4n) is 2.74. The summed E-state index contributed by atoms with van der Waals surface area (Å²) in [6.07, 6.45) is 0. The lowest BCUT2D eigenvalue weighted by atomic mass is 10.1. The molecule has 2 rings (SSSR count). The number of hydrogen-bond donors (Lipinski definition) is 1. The Morgan fingerprint density at radius 2 is 1.80 bits per heavy atom. The van der Waals surface area contributed by atoms with Gasteiger partial charge < -0.3 is 10.0 Å². The molecule has 0 radical (unpaired) electrons. The highest BCUT2D eigenvalue weighted by atomic mass is 19.1. The van der Waals surface area contributed by atoms with E-state index in [1.807, 2.05) is 0 Å². The number of carbonyl (C=O) groups is 2. The molecule has 0 unspecified atom stereocenters. The van der Waals surface area contributed by atoms with Crippen LogP contribution in [0.5, 0.6) is 0 Å². The number of halogens is 1. The topological polar surface area (TPSA) is 57.6 Å². The SMILES string of the molecule is CN(Cc1ccc(F)cc1)C(=O)[C@@H]1[C@H](C(=O)O)C1(C)C. The summed E-state index contributed by atoms with van der Waals surface area (Å²) in [5.41, 5.74) is 0.313. The Bertz CT molecular complexity index is 539. The quantitative estimate of drug-likeness (QED) is 0.918. The monoisotopic (exact) mass is 279 g/mol.